The number of nitrogens with two attached hydrogens (primary N) is 1. The highest BCUT2D eigenvalue weighted by Crippen LogP contribution is 2.37. The van der Waals surface area contributed by atoms with E-state index in [1.54, 1.807) is 0 Å². The van der Waals surface area contributed by atoms with Crippen molar-refractivity contribution < 1.29 is 4.74 Å². The third kappa shape index (κ3) is 2.09. The minimum Gasteiger partial charge on any atom is -0.383 e. The Labute approximate surface area is 122 Å². The van der Waals surface area contributed by atoms with Crippen LogP contribution in [0.25, 0.3) is 10.2 Å². The van der Waals surface area contributed by atoms with Crippen LogP contribution in [0.2, 0.25) is 0 Å². The lowest BCUT2D eigenvalue weighted by atomic mass is 9.97. The second-order valence-electron chi connectivity index (χ2n) is 5.76. The fraction of sp³-hybridized carbons (Fsp3) is 0.600. The average Bonchev–Trinajstić information content (AvgIpc) is 3.05. The van der Waals surface area contributed by atoms with Crippen molar-refractivity contribution in [2.24, 2.45) is 0 Å². The summed E-state index contributed by atoms with van der Waals surface area (Å²) in [6, 6.07) is 0. The van der Waals surface area contributed by atoms with Crippen molar-refractivity contribution in [1.29, 1.82) is 0 Å². The van der Waals surface area contributed by atoms with Crippen molar-refractivity contribution in [2.75, 3.05) is 12.3 Å². The van der Waals surface area contributed by atoms with Crippen LogP contribution in [0.15, 0.2) is 0 Å². The van der Waals surface area contributed by atoms with E-state index >= 15 is 0 Å². The molecule has 5 heteroatoms. The van der Waals surface area contributed by atoms with Gasteiger partial charge in [0.25, 0.3) is 0 Å². The standard InChI is InChI=1S/C15H19N3OS/c16-14-13-10-5-1-2-6-11(10)20-15(13)18-12(17-14)8-9-4-3-7-19-9/h9H,1-8H2,(H2,16,17,18). The molecule has 106 valence electrons. The number of ether oxygens (including phenoxy) is 1. The molecule has 20 heavy (non-hydrogen) atoms. The summed E-state index contributed by atoms with van der Waals surface area (Å²) < 4.78 is 5.67. The molecular formula is C15H19N3OS. The Hall–Kier alpha value is -1.20. The van der Waals surface area contributed by atoms with Gasteiger partial charge in [0.1, 0.15) is 16.5 Å². The molecule has 0 spiro atoms. The highest BCUT2D eigenvalue weighted by Gasteiger charge is 2.22. The van der Waals surface area contributed by atoms with E-state index < -0.39 is 0 Å². The molecule has 2 aromatic rings. The molecule has 1 aliphatic heterocycles. The van der Waals surface area contributed by atoms with Crippen LogP contribution >= 0.6 is 11.3 Å². The van der Waals surface area contributed by atoms with Crippen molar-refractivity contribution in [3.63, 3.8) is 0 Å². The normalized spacial score (nSPS) is 22.3. The number of rotatable bonds is 2. The number of aryl methyl sites for hydroxylation is 2. The molecule has 1 atom stereocenters. The summed E-state index contributed by atoms with van der Waals surface area (Å²) in [5, 5.41) is 1.13. The molecular weight excluding hydrogens is 270 g/mol. The molecule has 1 saturated heterocycles. The molecule has 1 aliphatic carbocycles. The summed E-state index contributed by atoms with van der Waals surface area (Å²) in [5.41, 5.74) is 7.63. The second-order valence-corrected chi connectivity index (χ2v) is 6.84. The first-order valence-corrected chi connectivity index (χ1v) is 8.31. The average molecular weight is 289 g/mol. The van der Waals surface area contributed by atoms with Gasteiger partial charge in [-0.2, -0.15) is 0 Å². The van der Waals surface area contributed by atoms with Crippen molar-refractivity contribution in [2.45, 2.75) is 51.0 Å². The van der Waals surface area contributed by atoms with Gasteiger partial charge in [-0.15, -0.1) is 11.3 Å². The zero-order valence-corrected chi connectivity index (χ0v) is 12.3. The monoisotopic (exact) mass is 289 g/mol. The molecule has 0 radical (unpaired) electrons. The lowest BCUT2D eigenvalue weighted by molar-refractivity contribution is 0.110. The fourth-order valence-electron chi connectivity index (χ4n) is 3.33. The van der Waals surface area contributed by atoms with Crippen LogP contribution in [0.3, 0.4) is 0 Å². The van der Waals surface area contributed by atoms with E-state index in [0.717, 1.165) is 48.3 Å². The second kappa shape index (κ2) is 4.97. The van der Waals surface area contributed by atoms with E-state index in [-0.39, 0.29) is 6.10 Å². The van der Waals surface area contributed by atoms with Gasteiger partial charge in [0.2, 0.25) is 0 Å². The van der Waals surface area contributed by atoms with Crippen molar-refractivity contribution in [3.05, 3.63) is 16.3 Å². The highest BCUT2D eigenvalue weighted by atomic mass is 32.1. The van der Waals surface area contributed by atoms with Gasteiger partial charge in [-0.1, -0.05) is 0 Å². The summed E-state index contributed by atoms with van der Waals surface area (Å²) in [6.07, 6.45) is 8.19. The molecule has 0 saturated carbocycles. The van der Waals surface area contributed by atoms with Crippen molar-refractivity contribution in [1.82, 2.24) is 9.97 Å². The van der Waals surface area contributed by atoms with E-state index in [2.05, 4.69) is 4.98 Å². The minimum absolute atomic E-state index is 0.279. The van der Waals surface area contributed by atoms with E-state index in [0.29, 0.717) is 5.82 Å². The highest BCUT2D eigenvalue weighted by molar-refractivity contribution is 7.19. The van der Waals surface area contributed by atoms with E-state index in [4.69, 9.17) is 15.5 Å². The zero-order valence-electron chi connectivity index (χ0n) is 11.5. The van der Waals surface area contributed by atoms with Crippen LogP contribution in [0, 0.1) is 0 Å². The molecule has 4 nitrogen and oxygen atoms in total. The number of thiophene rings is 1. The van der Waals surface area contributed by atoms with Gasteiger partial charge in [0, 0.05) is 17.9 Å². The van der Waals surface area contributed by atoms with E-state index in [1.165, 1.54) is 29.7 Å². The maximum atomic E-state index is 6.21. The van der Waals surface area contributed by atoms with Crippen LogP contribution in [-0.2, 0) is 24.0 Å². The Bertz CT molecular complexity index is 646. The van der Waals surface area contributed by atoms with Crippen molar-refractivity contribution >= 4 is 27.4 Å². The zero-order chi connectivity index (χ0) is 13.5. The smallest absolute Gasteiger partial charge is 0.136 e. The Morgan fingerprint density at radius 3 is 2.95 bits per heavy atom. The molecule has 0 amide bonds. The topological polar surface area (TPSA) is 61.0 Å². The third-order valence-corrected chi connectivity index (χ3v) is 5.51. The number of aromatic nitrogens is 2. The third-order valence-electron chi connectivity index (χ3n) is 4.32. The maximum Gasteiger partial charge on any atom is 0.136 e. The molecule has 2 aliphatic rings. The summed E-state index contributed by atoms with van der Waals surface area (Å²) >= 11 is 1.81. The Morgan fingerprint density at radius 2 is 2.10 bits per heavy atom. The fourth-order valence-corrected chi connectivity index (χ4v) is 4.62. The number of hydrogen-bond acceptors (Lipinski definition) is 5. The van der Waals surface area contributed by atoms with Gasteiger partial charge in [-0.05, 0) is 44.1 Å². The van der Waals surface area contributed by atoms with Gasteiger partial charge >= 0.3 is 0 Å². The molecule has 1 unspecified atom stereocenters. The number of nitrogen functional groups attached to an aromatic ring is 1. The van der Waals surface area contributed by atoms with Crippen LogP contribution in [0.4, 0.5) is 5.82 Å². The largest absolute Gasteiger partial charge is 0.383 e. The Balaban J connectivity index is 1.73. The Kier molecular flexibility index (Phi) is 3.11. The van der Waals surface area contributed by atoms with Gasteiger partial charge < -0.3 is 10.5 Å². The van der Waals surface area contributed by atoms with E-state index in [9.17, 15) is 0 Å². The van der Waals surface area contributed by atoms with Crippen LogP contribution in [0.1, 0.15) is 41.9 Å². The molecule has 3 heterocycles. The first kappa shape index (κ1) is 12.5. The van der Waals surface area contributed by atoms with Crippen LogP contribution in [-0.4, -0.2) is 22.7 Å². The summed E-state index contributed by atoms with van der Waals surface area (Å²) in [4.78, 5) is 11.8. The molecule has 0 aromatic carbocycles. The lowest BCUT2D eigenvalue weighted by Crippen LogP contribution is -2.12. The van der Waals surface area contributed by atoms with Crippen molar-refractivity contribution in [3.8, 4) is 0 Å². The minimum atomic E-state index is 0.279. The SMILES string of the molecule is Nc1nc(CC2CCCO2)nc2sc3c(c12)CCCC3. The quantitative estimate of drug-likeness (QED) is 0.923. The first-order chi connectivity index (χ1) is 9.81. The predicted molar refractivity (Wildman–Crippen MR) is 81.1 cm³/mol. The van der Waals surface area contributed by atoms with Crippen LogP contribution in [0.5, 0.6) is 0 Å². The summed E-state index contributed by atoms with van der Waals surface area (Å²) in [5.74, 6) is 1.52. The molecule has 4 rings (SSSR count). The van der Waals surface area contributed by atoms with Crippen LogP contribution < -0.4 is 5.73 Å². The molecule has 2 aromatic heterocycles. The van der Waals surface area contributed by atoms with E-state index in [1.807, 2.05) is 11.3 Å². The van der Waals surface area contributed by atoms with Gasteiger partial charge in [0.15, 0.2) is 0 Å². The predicted octanol–water partition coefficient (Wildman–Crippen LogP) is 2.87. The molecule has 2 N–H and O–H groups in total. The summed E-state index contributed by atoms with van der Waals surface area (Å²) in [7, 11) is 0. The molecule has 0 bridgehead atoms. The maximum absolute atomic E-state index is 6.21. The molecule has 1 fully saturated rings. The Morgan fingerprint density at radius 1 is 1.20 bits per heavy atom. The number of hydrogen-bond donors (Lipinski definition) is 1. The van der Waals surface area contributed by atoms with Gasteiger partial charge in [0.05, 0.1) is 11.5 Å². The van der Waals surface area contributed by atoms with Gasteiger partial charge in [-0.3, -0.25) is 0 Å². The number of fused-ring (bicyclic) bond motifs is 3. The number of anilines is 1. The number of nitrogens with zero attached hydrogens (tertiary/aromatic N) is 2. The lowest BCUT2D eigenvalue weighted by Gasteiger charge is -2.11. The summed E-state index contributed by atoms with van der Waals surface area (Å²) in [6.45, 7) is 0.871. The first-order valence-electron chi connectivity index (χ1n) is 7.49. The van der Waals surface area contributed by atoms with Gasteiger partial charge in [-0.25, -0.2) is 9.97 Å².